The first kappa shape index (κ1) is 13.9. The van der Waals surface area contributed by atoms with Crippen LogP contribution in [0.25, 0.3) is 0 Å². The van der Waals surface area contributed by atoms with Crippen LogP contribution in [0.5, 0.6) is 0 Å². The molecule has 0 aromatic carbocycles. The Hall–Kier alpha value is -1.10. The molecule has 112 valence electrons. The third kappa shape index (κ3) is 2.32. The van der Waals surface area contributed by atoms with Crippen molar-refractivity contribution in [2.75, 3.05) is 34.3 Å². The van der Waals surface area contributed by atoms with Crippen molar-refractivity contribution < 1.29 is 23.5 Å². The lowest BCUT2D eigenvalue weighted by Crippen LogP contribution is -2.37. The van der Waals surface area contributed by atoms with Crippen molar-refractivity contribution in [3.63, 3.8) is 0 Å². The fourth-order valence-electron chi connectivity index (χ4n) is 4.13. The normalized spacial score (nSPS) is 38.1. The number of carbonyl (C=O) groups is 2. The molecule has 1 heterocycles. The van der Waals surface area contributed by atoms with E-state index in [0.29, 0.717) is 12.5 Å². The molecule has 2 aliphatic carbocycles. The number of hydrogen-bond donors (Lipinski definition) is 0. The average Bonchev–Trinajstić information content (AvgIpc) is 2.93. The number of ether oxygens (including phenoxy) is 2. The molecule has 0 aromatic heterocycles. The molecule has 5 heteroatoms. The minimum absolute atomic E-state index is 0.0831. The Morgan fingerprint density at radius 2 is 2.10 bits per heavy atom. The van der Waals surface area contributed by atoms with Gasteiger partial charge in [-0.3, -0.25) is 9.59 Å². The van der Waals surface area contributed by atoms with Crippen LogP contribution >= 0.6 is 0 Å². The van der Waals surface area contributed by atoms with Gasteiger partial charge in [0.25, 0.3) is 0 Å². The Kier molecular flexibility index (Phi) is 3.27. The first-order valence-corrected chi connectivity index (χ1v) is 7.54. The summed E-state index contributed by atoms with van der Waals surface area (Å²) in [5.41, 5.74) is 0. The molecule has 2 saturated carbocycles. The fraction of sp³-hybridized carbons (Fsp3) is 0.867. The van der Waals surface area contributed by atoms with Gasteiger partial charge < -0.3 is 14.0 Å². The summed E-state index contributed by atoms with van der Waals surface area (Å²) in [7, 11) is 6.35. The van der Waals surface area contributed by atoms with Gasteiger partial charge in [-0.2, -0.15) is 0 Å². The zero-order valence-corrected chi connectivity index (χ0v) is 12.5. The SMILES string of the molecule is C[N+](C)(C)CCCOC(=O)C1C2CC3OC(=O)C1C3C2. The molecule has 3 aliphatic rings. The third-order valence-electron chi connectivity index (χ3n) is 4.97. The molecule has 1 saturated heterocycles. The number of nitrogens with zero attached hydrogens (tertiary/aromatic N) is 1. The molecule has 3 fully saturated rings. The number of fused-ring (bicyclic) bond motifs is 1. The Morgan fingerprint density at radius 1 is 1.35 bits per heavy atom. The van der Waals surface area contributed by atoms with E-state index in [0.717, 1.165) is 30.3 Å². The standard InChI is InChI=1S/C15H24NO4/c1-16(2,3)5-4-6-19-14(17)12-9-7-10-11(8-9)20-15(18)13(10)12/h9-13H,4-8H2,1-3H3/q+1. The fourth-order valence-corrected chi connectivity index (χ4v) is 4.13. The van der Waals surface area contributed by atoms with Gasteiger partial charge in [0.1, 0.15) is 6.10 Å². The van der Waals surface area contributed by atoms with Crippen LogP contribution in [0.4, 0.5) is 0 Å². The molecule has 0 amide bonds. The molecule has 3 rings (SSSR count). The van der Waals surface area contributed by atoms with Crippen molar-refractivity contribution in [3.8, 4) is 0 Å². The van der Waals surface area contributed by atoms with Gasteiger partial charge >= 0.3 is 11.9 Å². The summed E-state index contributed by atoms with van der Waals surface area (Å²) < 4.78 is 11.6. The highest BCUT2D eigenvalue weighted by Crippen LogP contribution is 2.57. The van der Waals surface area contributed by atoms with E-state index in [1.165, 1.54) is 0 Å². The first-order valence-electron chi connectivity index (χ1n) is 7.54. The molecule has 0 spiro atoms. The Morgan fingerprint density at radius 3 is 2.80 bits per heavy atom. The predicted octanol–water partition coefficient (Wildman–Crippen LogP) is 0.823. The van der Waals surface area contributed by atoms with Crippen LogP contribution in [0.2, 0.25) is 0 Å². The highest BCUT2D eigenvalue weighted by molar-refractivity contribution is 5.85. The maximum atomic E-state index is 12.3. The highest BCUT2D eigenvalue weighted by Gasteiger charge is 2.64. The van der Waals surface area contributed by atoms with Crippen molar-refractivity contribution in [1.29, 1.82) is 0 Å². The minimum atomic E-state index is -0.240. The number of esters is 2. The van der Waals surface area contributed by atoms with E-state index in [2.05, 4.69) is 21.1 Å². The first-order chi connectivity index (χ1) is 9.37. The lowest BCUT2D eigenvalue weighted by Gasteiger charge is -2.25. The van der Waals surface area contributed by atoms with E-state index in [4.69, 9.17) is 9.47 Å². The van der Waals surface area contributed by atoms with Gasteiger partial charge in [-0.1, -0.05) is 0 Å². The van der Waals surface area contributed by atoms with E-state index in [9.17, 15) is 9.59 Å². The second kappa shape index (κ2) is 4.72. The van der Waals surface area contributed by atoms with Gasteiger partial charge in [-0.05, 0) is 18.8 Å². The Labute approximate surface area is 119 Å². The summed E-state index contributed by atoms with van der Waals surface area (Å²) in [6.07, 6.45) is 2.75. The topological polar surface area (TPSA) is 52.6 Å². The molecule has 20 heavy (non-hydrogen) atoms. The molecule has 0 N–H and O–H groups in total. The largest absolute Gasteiger partial charge is 0.465 e. The average molecular weight is 282 g/mol. The number of quaternary nitrogens is 1. The number of carbonyl (C=O) groups excluding carboxylic acids is 2. The molecular formula is C15H24NO4+. The zero-order chi connectivity index (χ0) is 14.5. The van der Waals surface area contributed by atoms with Crippen molar-refractivity contribution in [3.05, 3.63) is 0 Å². The maximum Gasteiger partial charge on any atom is 0.310 e. The summed E-state index contributed by atoms with van der Waals surface area (Å²) in [6, 6.07) is 0. The Bertz CT molecular complexity index is 426. The van der Waals surface area contributed by atoms with E-state index in [1.807, 2.05) is 0 Å². The maximum absolute atomic E-state index is 12.3. The molecule has 5 unspecified atom stereocenters. The molecule has 0 aromatic rings. The molecule has 5 atom stereocenters. The van der Waals surface area contributed by atoms with E-state index < -0.39 is 0 Å². The van der Waals surface area contributed by atoms with Crippen LogP contribution in [0.15, 0.2) is 0 Å². The smallest absolute Gasteiger partial charge is 0.310 e. The van der Waals surface area contributed by atoms with Crippen LogP contribution in [-0.2, 0) is 19.1 Å². The summed E-state index contributed by atoms with van der Waals surface area (Å²) in [4.78, 5) is 24.1. The van der Waals surface area contributed by atoms with Crippen molar-refractivity contribution in [2.45, 2.75) is 25.4 Å². The molecule has 0 radical (unpaired) electrons. The molecule has 5 nitrogen and oxygen atoms in total. The highest BCUT2D eigenvalue weighted by atomic mass is 16.6. The lowest BCUT2D eigenvalue weighted by molar-refractivity contribution is -0.870. The molecule has 2 bridgehead atoms. The van der Waals surface area contributed by atoms with Crippen LogP contribution in [0, 0.1) is 23.7 Å². The van der Waals surface area contributed by atoms with Gasteiger partial charge in [0.15, 0.2) is 0 Å². The van der Waals surface area contributed by atoms with Crippen molar-refractivity contribution in [1.82, 2.24) is 0 Å². The van der Waals surface area contributed by atoms with Gasteiger partial charge in [-0.15, -0.1) is 0 Å². The number of hydrogen-bond acceptors (Lipinski definition) is 4. The zero-order valence-electron chi connectivity index (χ0n) is 12.5. The van der Waals surface area contributed by atoms with E-state index in [1.54, 1.807) is 0 Å². The monoisotopic (exact) mass is 282 g/mol. The number of rotatable bonds is 5. The van der Waals surface area contributed by atoms with Crippen LogP contribution in [0.3, 0.4) is 0 Å². The van der Waals surface area contributed by atoms with Gasteiger partial charge in [0, 0.05) is 12.3 Å². The summed E-state index contributed by atoms with van der Waals surface area (Å²) >= 11 is 0. The van der Waals surface area contributed by atoms with Crippen LogP contribution in [-0.4, -0.2) is 56.8 Å². The Balaban J connectivity index is 1.52. The van der Waals surface area contributed by atoms with Gasteiger partial charge in [0.2, 0.25) is 0 Å². The second-order valence-electron chi connectivity index (χ2n) is 7.46. The predicted molar refractivity (Wildman–Crippen MR) is 71.5 cm³/mol. The summed E-state index contributed by atoms with van der Waals surface area (Å²) in [6.45, 7) is 1.42. The van der Waals surface area contributed by atoms with Crippen molar-refractivity contribution >= 4 is 11.9 Å². The third-order valence-corrected chi connectivity index (χ3v) is 4.97. The van der Waals surface area contributed by atoms with Gasteiger partial charge in [0.05, 0.1) is 46.1 Å². The van der Waals surface area contributed by atoms with Crippen molar-refractivity contribution in [2.24, 2.45) is 23.7 Å². The molecule has 1 aliphatic heterocycles. The molecular weight excluding hydrogens is 258 g/mol. The second-order valence-corrected chi connectivity index (χ2v) is 7.46. The summed E-state index contributed by atoms with van der Waals surface area (Å²) in [5.74, 6) is -0.238. The quantitative estimate of drug-likeness (QED) is 0.426. The minimum Gasteiger partial charge on any atom is -0.465 e. The van der Waals surface area contributed by atoms with E-state index in [-0.39, 0.29) is 35.8 Å². The summed E-state index contributed by atoms with van der Waals surface area (Å²) in [5, 5.41) is 0. The van der Waals surface area contributed by atoms with Gasteiger partial charge in [-0.25, -0.2) is 0 Å². The van der Waals surface area contributed by atoms with E-state index >= 15 is 0 Å². The van der Waals surface area contributed by atoms with Crippen LogP contribution < -0.4 is 0 Å². The van der Waals surface area contributed by atoms with Crippen LogP contribution in [0.1, 0.15) is 19.3 Å². The lowest BCUT2D eigenvalue weighted by atomic mass is 9.80.